The third kappa shape index (κ3) is 3.84. The van der Waals surface area contributed by atoms with Gasteiger partial charge in [0.05, 0.1) is 5.69 Å². The molecule has 0 fully saturated rings. The number of nitrogens with zero attached hydrogens (tertiary/aromatic N) is 1. The van der Waals surface area contributed by atoms with Gasteiger partial charge in [0.1, 0.15) is 0 Å². The number of carbonyl (C=O) groups is 1. The molecule has 0 radical (unpaired) electrons. The van der Waals surface area contributed by atoms with Crippen molar-refractivity contribution in [2.45, 2.75) is 31.5 Å². The van der Waals surface area contributed by atoms with Crippen LogP contribution < -0.4 is 10.6 Å². The van der Waals surface area contributed by atoms with Gasteiger partial charge in [0, 0.05) is 19.7 Å². The van der Waals surface area contributed by atoms with Crippen molar-refractivity contribution in [1.29, 1.82) is 0 Å². The van der Waals surface area contributed by atoms with Gasteiger partial charge in [0.15, 0.2) is 0 Å². The maximum Gasteiger partial charge on any atom is 0.434 e. The average molecular weight is 315 g/mol. The molecule has 0 bridgehead atoms. The van der Waals surface area contributed by atoms with Crippen LogP contribution >= 0.6 is 0 Å². The van der Waals surface area contributed by atoms with Gasteiger partial charge in [-0.15, -0.1) is 0 Å². The summed E-state index contributed by atoms with van der Waals surface area (Å²) in [4.78, 5) is 14.4. The number of amides is 1. The predicted molar refractivity (Wildman–Crippen MR) is 59.7 cm³/mol. The van der Waals surface area contributed by atoms with Crippen molar-refractivity contribution in [3.8, 4) is 0 Å². The summed E-state index contributed by atoms with van der Waals surface area (Å²) in [7, 11) is 0. The lowest BCUT2D eigenvalue weighted by Gasteiger charge is -2.38. The van der Waals surface area contributed by atoms with Crippen molar-refractivity contribution >= 4 is 5.91 Å². The molecular weight excluding hydrogens is 304 g/mol. The highest BCUT2D eigenvalue weighted by Crippen LogP contribution is 2.41. The lowest BCUT2D eigenvalue weighted by atomic mass is 10.1. The van der Waals surface area contributed by atoms with Crippen molar-refractivity contribution in [3.05, 3.63) is 30.1 Å². The molecule has 0 aliphatic rings. The molecule has 0 unspecified atom stereocenters. The smallest absolute Gasteiger partial charge is 0.323 e. The van der Waals surface area contributed by atoms with E-state index >= 15 is 0 Å². The van der Waals surface area contributed by atoms with Gasteiger partial charge < -0.3 is 5.32 Å². The summed E-state index contributed by atoms with van der Waals surface area (Å²) >= 11 is 0. The number of nitrogens with one attached hydrogen (secondary N) is 2. The van der Waals surface area contributed by atoms with Crippen LogP contribution in [0.25, 0.3) is 0 Å². The summed E-state index contributed by atoms with van der Waals surface area (Å²) in [5.41, 5.74) is -4.58. The van der Waals surface area contributed by atoms with Gasteiger partial charge in [-0.2, -0.15) is 26.3 Å². The fraction of sp³-hybridized carbons (Fsp3) is 0.455. The molecular formula is C11H11F6N3O. The van der Waals surface area contributed by atoms with E-state index in [0.717, 1.165) is 5.32 Å². The molecule has 0 saturated heterocycles. The van der Waals surface area contributed by atoms with E-state index in [-0.39, 0.29) is 5.69 Å². The Hall–Kier alpha value is -1.84. The van der Waals surface area contributed by atoms with Crippen LogP contribution in [0.5, 0.6) is 0 Å². The van der Waals surface area contributed by atoms with Crippen LogP contribution in [0.15, 0.2) is 24.4 Å². The quantitative estimate of drug-likeness (QED) is 0.661. The Morgan fingerprint density at radius 1 is 1.14 bits per heavy atom. The molecule has 0 saturated carbocycles. The molecule has 0 spiro atoms. The fourth-order valence-electron chi connectivity index (χ4n) is 1.54. The summed E-state index contributed by atoms with van der Waals surface area (Å²) in [6, 6.07) is 4.11. The molecule has 118 valence electrons. The van der Waals surface area contributed by atoms with Gasteiger partial charge in [-0.25, -0.2) is 0 Å². The van der Waals surface area contributed by atoms with Crippen molar-refractivity contribution in [2.75, 3.05) is 0 Å². The van der Waals surface area contributed by atoms with Crippen molar-refractivity contribution in [3.63, 3.8) is 0 Å². The molecule has 0 aliphatic carbocycles. The first-order chi connectivity index (χ1) is 9.49. The topological polar surface area (TPSA) is 54.0 Å². The number of halogens is 6. The van der Waals surface area contributed by atoms with E-state index in [1.807, 2.05) is 0 Å². The fourth-order valence-corrected chi connectivity index (χ4v) is 1.54. The molecule has 0 aliphatic heterocycles. The van der Waals surface area contributed by atoms with E-state index in [9.17, 15) is 31.1 Å². The maximum atomic E-state index is 12.9. The summed E-state index contributed by atoms with van der Waals surface area (Å²) in [5, 5.41) is 2.23. The van der Waals surface area contributed by atoms with Crippen molar-refractivity contribution in [2.24, 2.45) is 0 Å². The van der Waals surface area contributed by atoms with Gasteiger partial charge >= 0.3 is 12.4 Å². The summed E-state index contributed by atoms with van der Waals surface area (Å²) in [6.45, 7) is -0.269. The number of alkyl halides is 6. The molecule has 2 N–H and O–H groups in total. The van der Waals surface area contributed by atoms with Crippen LogP contribution in [0.1, 0.15) is 12.6 Å². The minimum Gasteiger partial charge on any atom is -0.323 e. The van der Waals surface area contributed by atoms with Crippen LogP contribution in [0.3, 0.4) is 0 Å². The van der Waals surface area contributed by atoms with Crippen molar-refractivity contribution in [1.82, 2.24) is 15.6 Å². The van der Waals surface area contributed by atoms with Crippen molar-refractivity contribution < 1.29 is 31.1 Å². The lowest BCUT2D eigenvalue weighted by molar-refractivity contribution is -0.316. The molecule has 1 aromatic heterocycles. The normalized spacial score (nSPS) is 13.1. The Labute approximate surface area is 115 Å². The second kappa shape index (κ2) is 5.88. The van der Waals surface area contributed by atoms with Crippen LogP contribution in [-0.4, -0.2) is 28.9 Å². The summed E-state index contributed by atoms with van der Waals surface area (Å²) in [6.07, 6.45) is -10.4. The van der Waals surface area contributed by atoms with Gasteiger partial charge in [-0.05, 0) is 12.1 Å². The molecule has 21 heavy (non-hydrogen) atoms. The molecule has 1 aromatic rings. The molecule has 10 heteroatoms. The Kier molecular flexibility index (Phi) is 4.82. The SMILES string of the molecule is CC(=O)NC(NCc1ccccn1)(C(F)(F)F)C(F)(F)F. The lowest BCUT2D eigenvalue weighted by Crippen LogP contribution is -2.74. The van der Waals surface area contributed by atoms with Gasteiger partial charge in [0.25, 0.3) is 5.66 Å². The second-order valence-corrected chi connectivity index (χ2v) is 4.10. The highest BCUT2D eigenvalue weighted by atomic mass is 19.4. The van der Waals surface area contributed by atoms with Gasteiger partial charge in [-0.3, -0.25) is 15.1 Å². The molecule has 4 nitrogen and oxygen atoms in total. The minimum atomic E-state index is -5.79. The number of hydrogen-bond acceptors (Lipinski definition) is 3. The Morgan fingerprint density at radius 2 is 1.71 bits per heavy atom. The maximum absolute atomic E-state index is 12.9. The van der Waals surface area contributed by atoms with Gasteiger partial charge in [0.2, 0.25) is 5.91 Å². The van der Waals surface area contributed by atoms with Gasteiger partial charge in [-0.1, -0.05) is 6.07 Å². The zero-order valence-corrected chi connectivity index (χ0v) is 10.6. The first kappa shape index (κ1) is 17.2. The second-order valence-electron chi connectivity index (χ2n) is 4.10. The Morgan fingerprint density at radius 3 is 2.10 bits per heavy atom. The number of hydrogen-bond donors (Lipinski definition) is 2. The van der Waals surface area contributed by atoms with Crippen LogP contribution in [0, 0.1) is 0 Å². The highest BCUT2D eigenvalue weighted by molar-refractivity contribution is 5.74. The first-order valence-electron chi connectivity index (χ1n) is 5.57. The minimum absolute atomic E-state index is 0.0410. The van der Waals surface area contributed by atoms with Crippen LogP contribution in [0.4, 0.5) is 26.3 Å². The summed E-state index contributed by atoms with van der Waals surface area (Å²) < 4.78 is 77.5. The predicted octanol–water partition coefficient (Wildman–Crippen LogP) is 2.13. The third-order valence-corrected chi connectivity index (χ3v) is 2.47. The number of rotatable bonds is 4. The van der Waals surface area contributed by atoms with E-state index < -0.39 is 30.5 Å². The summed E-state index contributed by atoms with van der Waals surface area (Å²) in [5.74, 6) is -1.47. The Balaban J connectivity index is 3.14. The van der Waals surface area contributed by atoms with E-state index in [1.54, 1.807) is 0 Å². The molecule has 0 aromatic carbocycles. The molecule has 1 rings (SSSR count). The molecule has 0 atom stereocenters. The number of aromatic nitrogens is 1. The number of pyridine rings is 1. The zero-order chi connectivity index (χ0) is 16.3. The standard InChI is InChI=1S/C11H11F6N3O/c1-7(21)20-9(10(12,13)14,11(15,16)17)19-6-8-4-2-3-5-18-8/h2-5,19H,6H2,1H3,(H,20,21). The van der Waals surface area contributed by atoms with E-state index in [1.165, 1.54) is 29.7 Å². The third-order valence-electron chi connectivity index (χ3n) is 2.47. The van der Waals surface area contributed by atoms with E-state index in [0.29, 0.717) is 6.92 Å². The zero-order valence-electron chi connectivity index (χ0n) is 10.6. The average Bonchev–Trinajstić information content (AvgIpc) is 2.32. The van der Waals surface area contributed by atoms with E-state index in [4.69, 9.17) is 0 Å². The molecule has 1 amide bonds. The highest BCUT2D eigenvalue weighted by Gasteiger charge is 2.71. The first-order valence-corrected chi connectivity index (χ1v) is 5.57. The monoisotopic (exact) mass is 315 g/mol. The van der Waals surface area contributed by atoms with Crippen LogP contribution in [-0.2, 0) is 11.3 Å². The van der Waals surface area contributed by atoms with Crippen LogP contribution in [0.2, 0.25) is 0 Å². The van der Waals surface area contributed by atoms with E-state index in [2.05, 4.69) is 4.98 Å². The largest absolute Gasteiger partial charge is 0.434 e. The number of carbonyl (C=O) groups excluding carboxylic acids is 1. The molecule has 1 heterocycles. The Bertz CT molecular complexity index is 471.